The highest BCUT2D eigenvalue weighted by molar-refractivity contribution is 5.86. The number of carbonyl (C=O) groups is 1. The van der Waals surface area contributed by atoms with Crippen molar-refractivity contribution >= 4 is 11.8 Å². The molecule has 0 radical (unpaired) electrons. The minimum absolute atomic E-state index is 0.221. The Bertz CT molecular complexity index is 517. The van der Waals surface area contributed by atoms with E-state index in [2.05, 4.69) is 10.6 Å². The van der Waals surface area contributed by atoms with Gasteiger partial charge in [-0.25, -0.2) is 4.79 Å². The maximum atomic E-state index is 12.0. The smallest absolute Gasteiger partial charge is 0.412 e. The van der Waals surface area contributed by atoms with Gasteiger partial charge in [-0.15, -0.1) is 0 Å². The van der Waals surface area contributed by atoms with Gasteiger partial charge in [0.2, 0.25) is 0 Å². The minimum Gasteiger partial charge on any atom is -0.508 e. The molecule has 1 amide bonds. The third kappa shape index (κ3) is 5.22. The minimum atomic E-state index is -0.532. The topological polar surface area (TPSA) is 70.6 Å². The van der Waals surface area contributed by atoms with Gasteiger partial charge in [0.25, 0.3) is 0 Å². The van der Waals surface area contributed by atoms with Gasteiger partial charge in [0.05, 0.1) is 0 Å². The van der Waals surface area contributed by atoms with Gasteiger partial charge < -0.3 is 15.2 Å². The molecule has 0 bridgehead atoms. The fraction of sp³-hybridized carbons (Fsp3) is 0.588. The van der Waals surface area contributed by atoms with E-state index in [0.717, 1.165) is 37.9 Å². The molecule has 0 aromatic heterocycles. The summed E-state index contributed by atoms with van der Waals surface area (Å²) in [5.74, 6) is 0.793. The molecular weight excluding hydrogens is 280 g/mol. The molecule has 122 valence electrons. The van der Waals surface area contributed by atoms with Gasteiger partial charge in [-0.2, -0.15) is 0 Å². The third-order valence-corrected chi connectivity index (χ3v) is 3.69. The van der Waals surface area contributed by atoms with Crippen molar-refractivity contribution in [1.82, 2.24) is 5.32 Å². The molecule has 0 atom stereocenters. The van der Waals surface area contributed by atoms with E-state index in [0.29, 0.717) is 11.6 Å². The number of aromatic hydroxyl groups is 1. The molecular formula is C17H26N2O3. The lowest BCUT2D eigenvalue weighted by atomic mass is 9.90. The molecule has 2 rings (SSSR count). The van der Waals surface area contributed by atoms with Gasteiger partial charge >= 0.3 is 6.09 Å². The van der Waals surface area contributed by atoms with Crippen molar-refractivity contribution in [2.45, 2.75) is 45.6 Å². The summed E-state index contributed by atoms with van der Waals surface area (Å²) in [5.41, 5.74) is 1.14. The second-order valence-electron chi connectivity index (χ2n) is 6.87. The van der Waals surface area contributed by atoms with E-state index in [1.807, 2.05) is 20.8 Å². The molecule has 0 spiro atoms. The summed E-state index contributed by atoms with van der Waals surface area (Å²) in [4.78, 5) is 12.0. The summed E-state index contributed by atoms with van der Waals surface area (Å²) < 4.78 is 5.29. The number of benzene rings is 1. The zero-order valence-corrected chi connectivity index (χ0v) is 13.6. The monoisotopic (exact) mass is 306 g/mol. The van der Waals surface area contributed by atoms with Crippen molar-refractivity contribution in [3.8, 4) is 5.75 Å². The first-order valence-electron chi connectivity index (χ1n) is 7.86. The lowest BCUT2D eigenvalue weighted by Crippen LogP contribution is -2.29. The highest BCUT2D eigenvalue weighted by Crippen LogP contribution is 2.27. The van der Waals surface area contributed by atoms with Crippen molar-refractivity contribution in [3.63, 3.8) is 0 Å². The van der Waals surface area contributed by atoms with E-state index < -0.39 is 11.7 Å². The Morgan fingerprint density at radius 2 is 2.05 bits per heavy atom. The van der Waals surface area contributed by atoms with Crippen LogP contribution in [0, 0.1) is 5.92 Å². The van der Waals surface area contributed by atoms with E-state index in [1.54, 1.807) is 18.2 Å². The number of amides is 1. The number of piperidine rings is 1. The molecule has 1 aromatic rings. The van der Waals surface area contributed by atoms with E-state index in [-0.39, 0.29) is 5.75 Å². The standard InChI is InChI=1S/C17H26N2O3/c1-17(2,3)22-16(21)19-15-5-4-14(20)11-13(15)10-12-6-8-18-9-7-12/h4-5,11-12,18,20H,6-10H2,1-3H3,(H,19,21). The Morgan fingerprint density at radius 1 is 1.36 bits per heavy atom. The molecule has 1 aromatic carbocycles. The molecule has 1 heterocycles. The second-order valence-corrected chi connectivity index (χ2v) is 6.87. The number of ether oxygens (including phenoxy) is 1. The first-order valence-corrected chi connectivity index (χ1v) is 7.86. The van der Waals surface area contributed by atoms with E-state index in [4.69, 9.17) is 4.74 Å². The summed E-state index contributed by atoms with van der Waals surface area (Å²) in [5, 5.41) is 15.9. The fourth-order valence-electron chi connectivity index (χ4n) is 2.68. The van der Waals surface area contributed by atoms with Gasteiger partial charge in [0, 0.05) is 5.69 Å². The van der Waals surface area contributed by atoms with Gasteiger partial charge in [-0.05, 0) is 82.8 Å². The lowest BCUT2D eigenvalue weighted by Gasteiger charge is -2.24. The molecule has 0 unspecified atom stereocenters. The van der Waals surface area contributed by atoms with Crippen LogP contribution in [0.4, 0.5) is 10.5 Å². The van der Waals surface area contributed by atoms with Crippen LogP contribution in [-0.4, -0.2) is 29.9 Å². The number of hydrogen-bond acceptors (Lipinski definition) is 4. The number of rotatable bonds is 3. The SMILES string of the molecule is CC(C)(C)OC(=O)Nc1ccc(O)cc1CC1CCNCC1. The van der Waals surface area contributed by atoms with E-state index in [1.165, 1.54) is 0 Å². The van der Waals surface area contributed by atoms with Crippen molar-refractivity contribution in [2.75, 3.05) is 18.4 Å². The summed E-state index contributed by atoms with van der Waals surface area (Å²) >= 11 is 0. The van der Waals surface area contributed by atoms with Crippen LogP contribution in [0.2, 0.25) is 0 Å². The first kappa shape index (κ1) is 16.6. The van der Waals surface area contributed by atoms with Crippen LogP contribution < -0.4 is 10.6 Å². The molecule has 1 saturated heterocycles. The second kappa shape index (κ2) is 7.01. The normalized spacial score (nSPS) is 16.3. The van der Waals surface area contributed by atoms with Crippen LogP contribution in [0.5, 0.6) is 5.75 Å². The molecule has 0 saturated carbocycles. The number of anilines is 1. The van der Waals surface area contributed by atoms with Gasteiger partial charge in [-0.3, -0.25) is 5.32 Å². The average molecular weight is 306 g/mol. The molecule has 22 heavy (non-hydrogen) atoms. The van der Waals surface area contributed by atoms with Crippen LogP contribution in [0.3, 0.4) is 0 Å². The van der Waals surface area contributed by atoms with Crippen molar-refractivity contribution in [1.29, 1.82) is 0 Å². The quantitative estimate of drug-likeness (QED) is 0.750. The lowest BCUT2D eigenvalue weighted by molar-refractivity contribution is 0.0635. The van der Waals surface area contributed by atoms with Crippen LogP contribution in [0.15, 0.2) is 18.2 Å². The summed E-state index contributed by atoms with van der Waals surface area (Å²) in [6.07, 6.45) is 2.61. The zero-order valence-electron chi connectivity index (χ0n) is 13.6. The summed E-state index contributed by atoms with van der Waals surface area (Å²) in [6, 6.07) is 5.04. The molecule has 3 N–H and O–H groups in total. The Labute approximate surface area is 132 Å². The Balaban J connectivity index is 2.08. The maximum Gasteiger partial charge on any atom is 0.412 e. The maximum absolute atomic E-state index is 12.0. The van der Waals surface area contributed by atoms with Crippen LogP contribution in [0.1, 0.15) is 39.2 Å². The summed E-state index contributed by atoms with van der Waals surface area (Å²) in [7, 11) is 0. The predicted molar refractivity (Wildman–Crippen MR) is 87.3 cm³/mol. The number of nitrogens with one attached hydrogen (secondary N) is 2. The van der Waals surface area contributed by atoms with Crippen LogP contribution >= 0.6 is 0 Å². The molecule has 5 nitrogen and oxygen atoms in total. The van der Waals surface area contributed by atoms with E-state index in [9.17, 15) is 9.90 Å². The molecule has 1 aliphatic rings. The Morgan fingerprint density at radius 3 is 2.68 bits per heavy atom. The average Bonchev–Trinajstić information content (AvgIpc) is 2.41. The Kier molecular flexibility index (Phi) is 5.29. The molecule has 1 aliphatic heterocycles. The fourth-order valence-corrected chi connectivity index (χ4v) is 2.68. The van der Waals surface area contributed by atoms with Crippen molar-refractivity contribution < 1.29 is 14.6 Å². The van der Waals surface area contributed by atoms with Crippen molar-refractivity contribution in [3.05, 3.63) is 23.8 Å². The van der Waals surface area contributed by atoms with E-state index >= 15 is 0 Å². The van der Waals surface area contributed by atoms with Gasteiger partial charge in [-0.1, -0.05) is 0 Å². The molecule has 0 aliphatic carbocycles. The number of hydrogen-bond donors (Lipinski definition) is 3. The van der Waals surface area contributed by atoms with Crippen LogP contribution in [0.25, 0.3) is 0 Å². The van der Waals surface area contributed by atoms with Gasteiger partial charge in [0.1, 0.15) is 11.4 Å². The largest absolute Gasteiger partial charge is 0.508 e. The predicted octanol–water partition coefficient (Wildman–Crippen LogP) is 3.28. The molecule has 5 heteroatoms. The Hall–Kier alpha value is -1.75. The first-order chi connectivity index (χ1) is 10.3. The number of phenolic OH excluding ortho intramolecular Hbond substituents is 1. The number of phenols is 1. The van der Waals surface area contributed by atoms with Crippen LogP contribution in [-0.2, 0) is 11.2 Å². The summed E-state index contributed by atoms with van der Waals surface area (Å²) in [6.45, 7) is 7.55. The highest BCUT2D eigenvalue weighted by Gasteiger charge is 2.19. The number of carbonyl (C=O) groups excluding carboxylic acids is 1. The molecule has 1 fully saturated rings. The zero-order chi connectivity index (χ0) is 16.2. The van der Waals surface area contributed by atoms with Gasteiger partial charge in [0.15, 0.2) is 0 Å². The third-order valence-electron chi connectivity index (χ3n) is 3.69. The van der Waals surface area contributed by atoms with Crippen molar-refractivity contribution in [2.24, 2.45) is 5.92 Å². The highest BCUT2D eigenvalue weighted by atomic mass is 16.6.